The van der Waals surface area contributed by atoms with E-state index in [9.17, 15) is 0 Å². The lowest BCUT2D eigenvalue weighted by atomic mass is 10.1. The summed E-state index contributed by atoms with van der Waals surface area (Å²) in [6.45, 7) is 4.02. The molecule has 98 valence electrons. The summed E-state index contributed by atoms with van der Waals surface area (Å²) in [5, 5.41) is 3.64. The lowest BCUT2D eigenvalue weighted by Gasteiger charge is -2.27. The zero-order chi connectivity index (χ0) is 12.2. The number of hydrogen-bond donors (Lipinski definition) is 1. The molecule has 0 aliphatic carbocycles. The van der Waals surface area contributed by atoms with Crippen LogP contribution in [-0.4, -0.2) is 37.3 Å². The van der Waals surface area contributed by atoms with Gasteiger partial charge < -0.3 is 15.0 Å². The summed E-state index contributed by atoms with van der Waals surface area (Å²) < 4.78 is 5.40. The first-order chi connectivity index (χ1) is 8.93. The van der Waals surface area contributed by atoms with Gasteiger partial charge in [-0.2, -0.15) is 0 Å². The fourth-order valence-electron chi connectivity index (χ4n) is 2.75. The zero-order valence-corrected chi connectivity index (χ0v) is 10.8. The van der Waals surface area contributed by atoms with Gasteiger partial charge in [0.1, 0.15) is 0 Å². The minimum Gasteiger partial charge on any atom is -0.381 e. The number of anilines is 2. The third-order valence-electron chi connectivity index (χ3n) is 3.77. The molecule has 0 amide bonds. The summed E-state index contributed by atoms with van der Waals surface area (Å²) in [6, 6.07) is 4.70. The van der Waals surface area contributed by atoms with Crippen LogP contribution in [0.4, 0.5) is 11.5 Å². The van der Waals surface area contributed by atoms with Crippen molar-refractivity contribution in [3.05, 3.63) is 18.3 Å². The molecule has 0 aromatic carbocycles. The van der Waals surface area contributed by atoms with Gasteiger partial charge in [-0.3, -0.25) is 0 Å². The lowest BCUT2D eigenvalue weighted by Crippen LogP contribution is -2.29. The number of nitrogens with zero attached hydrogens (tertiary/aromatic N) is 2. The van der Waals surface area contributed by atoms with E-state index in [1.165, 1.54) is 18.5 Å². The van der Waals surface area contributed by atoms with E-state index in [0.29, 0.717) is 6.04 Å². The number of nitrogens with one attached hydrogen (secondary N) is 1. The number of aromatic nitrogens is 1. The Balaban J connectivity index is 1.73. The van der Waals surface area contributed by atoms with Gasteiger partial charge in [-0.1, -0.05) is 0 Å². The third kappa shape index (κ3) is 2.58. The van der Waals surface area contributed by atoms with Gasteiger partial charge in [0.25, 0.3) is 0 Å². The van der Waals surface area contributed by atoms with Gasteiger partial charge in [0.05, 0.1) is 5.69 Å². The maximum absolute atomic E-state index is 5.40. The molecule has 0 atom stereocenters. The van der Waals surface area contributed by atoms with E-state index in [0.717, 1.165) is 45.0 Å². The molecule has 0 unspecified atom stereocenters. The van der Waals surface area contributed by atoms with Crippen LogP contribution < -0.4 is 10.2 Å². The minimum absolute atomic E-state index is 0.532. The molecule has 18 heavy (non-hydrogen) atoms. The predicted octanol–water partition coefficient (Wildman–Crippen LogP) is 2.27. The lowest BCUT2D eigenvalue weighted by molar-refractivity contribution is 0.0904. The highest BCUT2D eigenvalue weighted by Crippen LogP contribution is 2.27. The largest absolute Gasteiger partial charge is 0.381 e. The van der Waals surface area contributed by atoms with Gasteiger partial charge in [-0.25, -0.2) is 4.98 Å². The molecule has 3 heterocycles. The Morgan fingerprint density at radius 3 is 2.78 bits per heavy atom. The van der Waals surface area contributed by atoms with Crippen molar-refractivity contribution in [3.63, 3.8) is 0 Å². The van der Waals surface area contributed by atoms with E-state index in [1.54, 1.807) is 0 Å². The predicted molar refractivity (Wildman–Crippen MR) is 73.1 cm³/mol. The van der Waals surface area contributed by atoms with Crippen LogP contribution in [0, 0.1) is 0 Å². The van der Waals surface area contributed by atoms with Crippen LogP contribution in [0.2, 0.25) is 0 Å². The van der Waals surface area contributed by atoms with E-state index >= 15 is 0 Å². The van der Waals surface area contributed by atoms with Gasteiger partial charge >= 0.3 is 0 Å². The summed E-state index contributed by atoms with van der Waals surface area (Å²) in [7, 11) is 0. The van der Waals surface area contributed by atoms with Crippen LogP contribution in [0.1, 0.15) is 25.7 Å². The fraction of sp³-hybridized carbons (Fsp3) is 0.643. The SMILES string of the molecule is c1cnc(N2CCCC2)c(NC2CCOCC2)c1. The molecule has 1 aromatic rings. The second-order valence-corrected chi connectivity index (χ2v) is 5.10. The molecule has 2 fully saturated rings. The van der Waals surface area contributed by atoms with E-state index in [4.69, 9.17) is 4.74 Å². The smallest absolute Gasteiger partial charge is 0.151 e. The second kappa shape index (κ2) is 5.57. The summed E-state index contributed by atoms with van der Waals surface area (Å²) in [5.74, 6) is 1.13. The van der Waals surface area contributed by atoms with Crippen molar-refractivity contribution < 1.29 is 4.74 Å². The monoisotopic (exact) mass is 247 g/mol. The topological polar surface area (TPSA) is 37.4 Å². The highest BCUT2D eigenvalue weighted by molar-refractivity contribution is 5.66. The molecular formula is C14H21N3O. The minimum atomic E-state index is 0.532. The van der Waals surface area contributed by atoms with Crippen LogP contribution in [0.5, 0.6) is 0 Å². The maximum atomic E-state index is 5.40. The van der Waals surface area contributed by atoms with Crippen molar-refractivity contribution in [2.75, 3.05) is 36.5 Å². The van der Waals surface area contributed by atoms with Gasteiger partial charge in [0.15, 0.2) is 5.82 Å². The Bertz CT molecular complexity index is 384. The van der Waals surface area contributed by atoms with Crippen molar-refractivity contribution >= 4 is 11.5 Å². The fourth-order valence-corrected chi connectivity index (χ4v) is 2.75. The zero-order valence-electron chi connectivity index (χ0n) is 10.8. The highest BCUT2D eigenvalue weighted by Gasteiger charge is 2.19. The van der Waals surface area contributed by atoms with Crippen LogP contribution in [0.15, 0.2) is 18.3 Å². The van der Waals surface area contributed by atoms with Crippen LogP contribution in [0.3, 0.4) is 0 Å². The first-order valence-electron chi connectivity index (χ1n) is 6.98. The Morgan fingerprint density at radius 1 is 1.22 bits per heavy atom. The molecule has 0 radical (unpaired) electrons. The highest BCUT2D eigenvalue weighted by atomic mass is 16.5. The van der Waals surface area contributed by atoms with Crippen molar-refractivity contribution in [3.8, 4) is 0 Å². The molecule has 2 aliphatic heterocycles. The summed E-state index contributed by atoms with van der Waals surface area (Å²) in [4.78, 5) is 6.95. The quantitative estimate of drug-likeness (QED) is 0.889. The van der Waals surface area contributed by atoms with E-state index in [-0.39, 0.29) is 0 Å². The molecular weight excluding hydrogens is 226 g/mol. The van der Waals surface area contributed by atoms with Crippen LogP contribution >= 0.6 is 0 Å². The molecule has 1 aromatic heterocycles. The van der Waals surface area contributed by atoms with Gasteiger partial charge in [-0.05, 0) is 37.8 Å². The molecule has 0 bridgehead atoms. The molecule has 1 N–H and O–H groups in total. The maximum Gasteiger partial charge on any atom is 0.151 e. The molecule has 2 aliphatic rings. The van der Waals surface area contributed by atoms with Crippen molar-refractivity contribution in [2.45, 2.75) is 31.7 Å². The first kappa shape index (κ1) is 11.8. The molecule has 3 rings (SSSR count). The van der Waals surface area contributed by atoms with Crippen molar-refractivity contribution in [2.24, 2.45) is 0 Å². The normalized spacial score (nSPS) is 21.2. The molecule has 4 nitrogen and oxygen atoms in total. The average Bonchev–Trinajstić information content (AvgIpc) is 2.94. The average molecular weight is 247 g/mol. The first-order valence-corrected chi connectivity index (χ1v) is 6.98. The summed E-state index contributed by atoms with van der Waals surface area (Å²) in [5.41, 5.74) is 1.19. The van der Waals surface area contributed by atoms with Crippen molar-refractivity contribution in [1.82, 2.24) is 4.98 Å². The van der Waals surface area contributed by atoms with Gasteiger partial charge in [-0.15, -0.1) is 0 Å². The number of pyridine rings is 1. The molecule has 4 heteroatoms. The third-order valence-corrected chi connectivity index (χ3v) is 3.77. The molecule has 2 saturated heterocycles. The van der Waals surface area contributed by atoms with Gasteiger partial charge in [0.2, 0.25) is 0 Å². The summed E-state index contributed by atoms with van der Waals surface area (Å²) in [6.07, 6.45) is 6.64. The number of rotatable bonds is 3. The molecule has 0 spiro atoms. The number of hydrogen-bond acceptors (Lipinski definition) is 4. The van der Waals surface area contributed by atoms with Crippen LogP contribution in [0.25, 0.3) is 0 Å². The Kier molecular flexibility index (Phi) is 3.64. The number of ether oxygens (including phenoxy) is 1. The Hall–Kier alpha value is -1.29. The Morgan fingerprint density at radius 2 is 2.00 bits per heavy atom. The molecule has 0 saturated carbocycles. The van der Waals surface area contributed by atoms with E-state index in [1.807, 2.05) is 12.3 Å². The van der Waals surface area contributed by atoms with E-state index < -0.39 is 0 Å². The summed E-state index contributed by atoms with van der Waals surface area (Å²) >= 11 is 0. The Labute approximate surface area is 108 Å². The van der Waals surface area contributed by atoms with Crippen LogP contribution in [-0.2, 0) is 4.74 Å². The standard InChI is InChI=1S/C14H21N3O/c1-2-9-17(8-1)14-13(4-3-7-15-14)16-12-5-10-18-11-6-12/h3-4,7,12,16H,1-2,5-6,8-11H2. The second-order valence-electron chi connectivity index (χ2n) is 5.10. The van der Waals surface area contributed by atoms with Gasteiger partial charge in [0, 0.05) is 38.5 Å². The van der Waals surface area contributed by atoms with E-state index in [2.05, 4.69) is 21.3 Å². The van der Waals surface area contributed by atoms with Crippen molar-refractivity contribution in [1.29, 1.82) is 0 Å².